The maximum absolute atomic E-state index is 6.01. The molecule has 0 amide bonds. The van der Waals surface area contributed by atoms with Crippen LogP contribution in [0.1, 0.15) is 26.2 Å². The van der Waals surface area contributed by atoms with E-state index in [0.29, 0.717) is 5.92 Å². The van der Waals surface area contributed by atoms with Crippen LogP contribution in [0.3, 0.4) is 0 Å². The third-order valence-corrected chi connectivity index (χ3v) is 2.90. The molecule has 0 N–H and O–H groups in total. The Kier molecular flexibility index (Phi) is 5.28. The molecule has 0 aliphatic heterocycles. The summed E-state index contributed by atoms with van der Waals surface area (Å²) in [4.78, 5) is 0. The molecular formula is C12H19ClO. The summed E-state index contributed by atoms with van der Waals surface area (Å²) < 4.78 is 5.43. The fourth-order valence-electron chi connectivity index (χ4n) is 1.73. The summed E-state index contributed by atoms with van der Waals surface area (Å²) in [6, 6.07) is 0. The number of unbranched alkanes of at least 4 members (excludes halogenated alkanes) is 1. The Morgan fingerprint density at radius 2 is 1.93 bits per heavy atom. The molecule has 0 saturated heterocycles. The van der Waals surface area contributed by atoms with Crippen molar-refractivity contribution in [2.75, 3.05) is 7.11 Å². The molecular weight excluding hydrogens is 196 g/mol. The van der Waals surface area contributed by atoms with Crippen molar-refractivity contribution in [2.24, 2.45) is 5.92 Å². The van der Waals surface area contributed by atoms with Gasteiger partial charge in [-0.05, 0) is 6.42 Å². The number of rotatable bonds is 4. The molecule has 0 bridgehead atoms. The Hall–Kier alpha value is -0.270. The first-order valence-corrected chi connectivity index (χ1v) is 5.75. The van der Waals surface area contributed by atoms with E-state index in [4.69, 9.17) is 16.3 Å². The fourth-order valence-corrected chi connectivity index (χ4v) is 1.90. The molecule has 0 fully saturated rings. The zero-order chi connectivity index (χ0) is 10.4. The Morgan fingerprint density at radius 3 is 2.57 bits per heavy atom. The van der Waals surface area contributed by atoms with Crippen molar-refractivity contribution in [3.05, 3.63) is 24.3 Å². The Bertz CT molecular complexity index is 210. The fraction of sp³-hybridized carbons (Fsp3) is 0.667. The van der Waals surface area contributed by atoms with Gasteiger partial charge in [0.15, 0.2) is 0 Å². The van der Waals surface area contributed by atoms with E-state index in [2.05, 4.69) is 25.2 Å². The van der Waals surface area contributed by atoms with Gasteiger partial charge in [0.2, 0.25) is 0 Å². The average Bonchev–Trinajstić information content (AvgIpc) is 2.37. The van der Waals surface area contributed by atoms with Gasteiger partial charge >= 0.3 is 0 Å². The topological polar surface area (TPSA) is 9.23 Å². The highest BCUT2D eigenvalue weighted by atomic mass is 35.5. The van der Waals surface area contributed by atoms with Gasteiger partial charge in [-0.15, -0.1) is 11.6 Å². The SMILES string of the molecule is CCCCC1C=CC(Cl)C=CC1OC. The van der Waals surface area contributed by atoms with Crippen LogP contribution < -0.4 is 0 Å². The van der Waals surface area contributed by atoms with Crippen molar-refractivity contribution >= 4 is 11.6 Å². The Balaban J connectivity index is 2.59. The van der Waals surface area contributed by atoms with Crippen LogP contribution in [0.15, 0.2) is 24.3 Å². The summed E-state index contributed by atoms with van der Waals surface area (Å²) in [5.41, 5.74) is 0. The number of hydrogen-bond acceptors (Lipinski definition) is 1. The number of methoxy groups -OCH3 is 1. The second kappa shape index (κ2) is 6.26. The molecule has 1 rings (SSSR count). The third-order valence-electron chi connectivity index (χ3n) is 2.61. The highest BCUT2D eigenvalue weighted by molar-refractivity contribution is 6.23. The molecule has 1 aliphatic carbocycles. The largest absolute Gasteiger partial charge is 0.377 e. The predicted octanol–water partition coefficient (Wildman–Crippen LogP) is 3.54. The zero-order valence-corrected chi connectivity index (χ0v) is 9.70. The molecule has 0 aromatic heterocycles. The molecule has 0 radical (unpaired) electrons. The van der Waals surface area contributed by atoms with Gasteiger partial charge in [-0.25, -0.2) is 0 Å². The van der Waals surface area contributed by atoms with Crippen LogP contribution in [-0.4, -0.2) is 18.6 Å². The van der Waals surface area contributed by atoms with Crippen LogP contribution in [0.2, 0.25) is 0 Å². The van der Waals surface area contributed by atoms with Crippen LogP contribution in [0.25, 0.3) is 0 Å². The van der Waals surface area contributed by atoms with Gasteiger partial charge in [-0.3, -0.25) is 0 Å². The summed E-state index contributed by atoms with van der Waals surface area (Å²) in [7, 11) is 1.76. The molecule has 0 aromatic rings. The van der Waals surface area contributed by atoms with Crippen LogP contribution in [0.4, 0.5) is 0 Å². The highest BCUT2D eigenvalue weighted by Gasteiger charge is 2.18. The summed E-state index contributed by atoms with van der Waals surface area (Å²) in [6.45, 7) is 2.21. The van der Waals surface area contributed by atoms with Gasteiger partial charge in [0, 0.05) is 13.0 Å². The van der Waals surface area contributed by atoms with Crippen molar-refractivity contribution in [1.82, 2.24) is 0 Å². The molecule has 3 atom stereocenters. The molecule has 1 aliphatic rings. The van der Waals surface area contributed by atoms with Gasteiger partial charge in [0.25, 0.3) is 0 Å². The number of ether oxygens (including phenoxy) is 1. The van der Waals surface area contributed by atoms with Gasteiger partial charge in [-0.1, -0.05) is 44.1 Å². The lowest BCUT2D eigenvalue weighted by Crippen LogP contribution is -2.18. The van der Waals surface area contributed by atoms with Crippen LogP contribution >= 0.6 is 11.6 Å². The monoisotopic (exact) mass is 214 g/mol. The van der Waals surface area contributed by atoms with Gasteiger partial charge < -0.3 is 4.74 Å². The molecule has 2 heteroatoms. The maximum atomic E-state index is 6.01. The third kappa shape index (κ3) is 3.47. The van der Waals surface area contributed by atoms with E-state index in [1.165, 1.54) is 19.3 Å². The lowest BCUT2D eigenvalue weighted by atomic mass is 9.96. The zero-order valence-electron chi connectivity index (χ0n) is 8.95. The molecule has 0 saturated carbocycles. The van der Waals surface area contributed by atoms with Crippen LogP contribution in [-0.2, 0) is 4.74 Å². The van der Waals surface area contributed by atoms with E-state index in [1.54, 1.807) is 7.11 Å². The quantitative estimate of drug-likeness (QED) is 0.514. The van der Waals surface area contributed by atoms with E-state index in [0.717, 1.165) is 0 Å². The van der Waals surface area contributed by atoms with Crippen LogP contribution in [0, 0.1) is 5.92 Å². The van der Waals surface area contributed by atoms with E-state index in [-0.39, 0.29) is 11.5 Å². The van der Waals surface area contributed by atoms with Gasteiger partial charge in [-0.2, -0.15) is 0 Å². The predicted molar refractivity (Wildman–Crippen MR) is 61.7 cm³/mol. The minimum Gasteiger partial charge on any atom is -0.377 e. The second-order valence-corrected chi connectivity index (χ2v) is 4.22. The number of alkyl halides is 1. The first-order valence-electron chi connectivity index (χ1n) is 5.31. The molecule has 0 spiro atoms. The summed E-state index contributed by atoms with van der Waals surface area (Å²) >= 11 is 6.01. The van der Waals surface area contributed by atoms with Crippen molar-refractivity contribution in [1.29, 1.82) is 0 Å². The normalized spacial score (nSPS) is 31.8. The van der Waals surface area contributed by atoms with Crippen molar-refractivity contribution < 1.29 is 4.74 Å². The molecule has 0 aromatic carbocycles. The molecule has 14 heavy (non-hydrogen) atoms. The number of halogens is 1. The summed E-state index contributed by atoms with van der Waals surface area (Å²) in [5, 5.41) is 0.0271. The standard InChI is InChI=1S/C12H19ClO/c1-3-4-5-10-6-7-11(13)8-9-12(10)14-2/h6-12H,3-5H2,1-2H3. The van der Waals surface area contributed by atoms with E-state index in [9.17, 15) is 0 Å². The lowest BCUT2D eigenvalue weighted by Gasteiger charge is -2.19. The highest BCUT2D eigenvalue weighted by Crippen LogP contribution is 2.22. The number of hydrogen-bond donors (Lipinski definition) is 0. The average molecular weight is 215 g/mol. The van der Waals surface area contributed by atoms with Gasteiger partial charge in [0.05, 0.1) is 11.5 Å². The van der Waals surface area contributed by atoms with E-state index >= 15 is 0 Å². The number of allylic oxidation sites excluding steroid dienone is 2. The van der Waals surface area contributed by atoms with Gasteiger partial charge in [0.1, 0.15) is 0 Å². The first-order chi connectivity index (χ1) is 6.77. The first kappa shape index (κ1) is 11.8. The van der Waals surface area contributed by atoms with E-state index in [1.807, 2.05) is 6.08 Å². The maximum Gasteiger partial charge on any atom is 0.0815 e. The molecule has 3 unspecified atom stereocenters. The second-order valence-electron chi connectivity index (χ2n) is 3.72. The Labute approximate surface area is 91.8 Å². The minimum absolute atomic E-state index is 0.0271. The lowest BCUT2D eigenvalue weighted by molar-refractivity contribution is 0.103. The molecule has 0 heterocycles. The van der Waals surface area contributed by atoms with Crippen LogP contribution in [0.5, 0.6) is 0 Å². The van der Waals surface area contributed by atoms with Crippen molar-refractivity contribution in [3.8, 4) is 0 Å². The van der Waals surface area contributed by atoms with Crippen molar-refractivity contribution in [2.45, 2.75) is 37.7 Å². The summed E-state index contributed by atoms with van der Waals surface area (Å²) in [5.74, 6) is 0.486. The molecule has 1 nitrogen and oxygen atoms in total. The molecule has 80 valence electrons. The minimum atomic E-state index is 0.0271. The Morgan fingerprint density at radius 1 is 1.21 bits per heavy atom. The summed E-state index contributed by atoms with van der Waals surface area (Å²) in [6.07, 6.45) is 12.2. The smallest absolute Gasteiger partial charge is 0.0815 e. The van der Waals surface area contributed by atoms with E-state index < -0.39 is 0 Å². The van der Waals surface area contributed by atoms with Crippen molar-refractivity contribution in [3.63, 3.8) is 0 Å².